The van der Waals surface area contributed by atoms with Crippen LogP contribution in [0.4, 0.5) is 0 Å². The highest BCUT2D eigenvalue weighted by molar-refractivity contribution is 4.96. The van der Waals surface area contributed by atoms with Gasteiger partial charge in [-0.15, -0.1) is 0 Å². The van der Waals surface area contributed by atoms with Crippen LogP contribution in [0.15, 0.2) is 12.7 Å². The van der Waals surface area contributed by atoms with Crippen LogP contribution in [0.3, 0.4) is 0 Å². The van der Waals surface area contributed by atoms with Crippen LogP contribution >= 0.6 is 0 Å². The van der Waals surface area contributed by atoms with E-state index in [0.29, 0.717) is 5.92 Å². The molecule has 3 heteroatoms. The molecule has 0 aliphatic rings. The minimum atomic E-state index is 0.210. The van der Waals surface area contributed by atoms with Crippen LogP contribution < -0.4 is 0 Å². The fourth-order valence-corrected chi connectivity index (χ4v) is 0.859. The van der Waals surface area contributed by atoms with E-state index in [-0.39, 0.29) is 5.41 Å². The highest BCUT2D eigenvalue weighted by atomic mass is 15.0. The summed E-state index contributed by atoms with van der Waals surface area (Å²) in [5.41, 5.74) is 0.210. The lowest BCUT2D eigenvalue weighted by Crippen LogP contribution is -2.17. The number of nitrogens with zero attached hydrogens (tertiary/aromatic N) is 3. The molecule has 0 fully saturated rings. The van der Waals surface area contributed by atoms with Gasteiger partial charge in [0.25, 0.3) is 0 Å². The normalized spacial score (nSPS) is 14.3. The zero-order chi connectivity index (χ0) is 9.19. The molecular formula is C9H15N3. The van der Waals surface area contributed by atoms with Crippen molar-refractivity contribution in [2.75, 3.05) is 0 Å². The van der Waals surface area contributed by atoms with Gasteiger partial charge in [-0.1, -0.05) is 27.7 Å². The third kappa shape index (κ3) is 2.00. The van der Waals surface area contributed by atoms with Gasteiger partial charge in [-0.25, -0.2) is 15.0 Å². The van der Waals surface area contributed by atoms with Crippen LogP contribution in [0.2, 0.25) is 0 Å². The molecule has 0 saturated heterocycles. The van der Waals surface area contributed by atoms with E-state index in [1.54, 1.807) is 12.7 Å². The second-order valence-electron chi connectivity index (χ2n) is 4.08. The third-order valence-electron chi connectivity index (χ3n) is 2.20. The summed E-state index contributed by atoms with van der Waals surface area (Å²) in [6, 6.07) is 0. The lowest BCUT2D eigenvalue weighted by Gasteiger charge is -2.25. The van der Waals surface area contributed by atoms with Crippen molar-refractivity contribution in [2.24, 2.45) is 5.41 Å². The molecule has 1 heterocycles. The van der Waals surface area contributed by atoms with E-state index < -0.39 is 0 Å². The smallest absolute Gasteiger partial charge is 0.135 e. The standard InChI is InChI=1S/C9H15N3/c1-7(9(2,3)4)8-11-5-10-6-12-8/h5-7H,1-4H3. The first-order valence-corrected chi connectivity index (χ1v) is 4.13. The molecule has 3 nitrogen and oxygen atoms in total. The molecule has 1 aromatic heterocycles. The molecule has 0 bridgehead atoms. The summed E-state index contributed by atoms with van der Waals surface area (Å²) in [4.78, 5) is 12.0. The van der Waals surface area contributed by atoms with E-state index in [1.807, 2.05) is 0 Å². The van der Waals surface area contributed by atoms with Gasteiger partial charge < -0.3 is 0 Å². The van der Waals surface area contributed by atoms with Crippen LogP contribution in [0.5, 0.6) is 0 Å². The maximum atomic E-state index is 4.12. The predicted molar refractivity (Wildman–Crippen MR) is 47.7 cm³/mol. The van der Waals surface area contributed by atoms with Crippen molar-refractivity contribution in [2.45, 2.75) is 33.6 Å². The van der Waals surface area contributed by atoms with Gasteiger partial charge >= 0.3 is 0 Å². The zero-order valence-corrected chi connectivity index (χ0v) is 8.07. The molecule has 0 amide bonds. The van der Waals surface area contributed by atoms with Gasteiger partial charge in [0.1, 0.15) is 18.5 Å². The topological polar surface area (TPSA) is 38.7 Å². The second-order valence-corrected chi connectivity index (χ2v) is 4.08. The van der Waals surface area contributed by atoms with E-state index >= 15 is 0 Å². The van der Waals surface area contributed by atoms with Crippen molar-refractivity contribution in [3.8, 4) is 0 Å². The monoisotopic (exact) mass is 165 g/mol. The fourth-order valence-electron chi connectivity index (χ4n) is 0.859. The summed E-state index contributed by atoms with van der Waals surface area (Å²) in [6.45, 7) is 8.68. The fraction of sp³-hybridized carbons (Fsp3) is 0.667. The Morgan fingerprint density at radius 2 is 1.67 bits per heavy atom. The van der Waals surface area contributed by atoms with Crippen molar-refractivity contribution in [1.82, 2.24) is 15.0 Å². The zero-order valence-electron chi connectivity index (χ0n) is 8.07. The average Bonchev–Trinajstić information content (AvgIpc) is 2.03. The van der Waals surface area contributed by atoms with E-state index in [1.165, 1.54) is 0 Å². The van der Waals surface area contributed by atoms with Gasteiger partial charge in [0.2, 0.25) is 0 Å². The Labute approximate surface area is 73.3 Å². The maximum absolute atomic E-state index is 4.12. The van der Waals surface area contributed by atoms with Crippen molar-refractivity contribution >= 4 is 0 Å². The summed E-state index contributed by atoms with van der Waals surface area (Å²) in [7, 11) is 0. The van der Waals surface area contributed by atoms with E-state index in [4.69, 9.17) is 0 Å². The van der Waals surface area contributed by atoms with E-state index in [9.17, 15) is 0 Å². The van der Waals surface area contributed by atoms with E-state index in [0.717, 1.165) is 5.82 Å². The SMILES string of the molecule is CC(c1ncncn1)C(C)(C)C. The summed E-state index contributed by atoms with van der Waals surface area (Å²) in [5.74, 6) is 1.23. The summed E-state index contributed by atoms with van der Waals surface area (Å²) >= 11 is 0. The summed E-state index contributed by atoms with van der Waals surface area (Å²) < 4.78 is 0. The Morgan fingerprint density at radius 1 is 1.17 bits per heavy atom. The Hall–Kier alpha value is -0.990. The molecule has 0 radical (unpaired) electrons. The van der Waals surface area contributed by atoms with Gasteiger partial charge in [-0.3, -0.25) is 0 Å². The van der Waals surface area contributed by atoms with Crippen LogP contribution in [-0.2, 0) is 0 Å². The number of aromatic nitrogens is 3. The van der Waals surface area contributed by atoms with Gasteiger partial charge in [0.15, 0.2) is 0 Å². The Kier molecular flexibility index (Phi) is 2.40. The third-order valence-corrected chi connectivity index (χ3v) is 2.20. The molecular weight excluding hydrogens is 150 g/mol. The summed E-state index contributed by atoms with van der Waals surface area (Å²) in [6.07, 6.45) is 3.09. The molecule has 0 saturated carbocycles. The highest BCUT2D eigenvalue weighted by Gasteiger charge is 2.23. The lowest BCUT2D eigenvalue weighted by molar-refractivity contribution is 0.327. The molecule has 1 unspecified atom stereocenters. The first kappa shape index (κ1) is 9.10. The molecule has 12 heavy (non-hydrogen) atoms. The number of hydrogen-bond donors (Lipinski definition) is 0. The van der Waals surface area contributed by atoms with Crippen LogP contribution in [0.25, 0.3) is 0 Å². The maximum Gasteiger partial charge on any atom is 0.135 e. The average molecular weight is 165 g/mol. The van der Waals surface area contributed by atoms with Crippen molar-refractivity contribution in [3.63, 3.8) is 0 Å². The molecule has 0 aliphatic heterocycles. The largest absolute Gasteiger partial charge is 0.225 e. The van der Waals surface area contributed by atoms with E-state index in [2.05, 4.69) is 42.6 Å². The lowest BCUT2D eigenvalue weighted by atomic mass is 9.81. The minimum Gasteiger partial charge on any atom is -0.225 e. The molecule has 66 valence electrons. The number of hydrogen-bond acceptors (Lipinski definition) is 3. The molecule has 1 atom stereocenters. The van der Waals surface area contributed by atoms with Crippen molar-refractivity contribution < 1.29 is 0 Å². The highest BCUT2D eigenvalue weighted by Crippen LogP contribution is 2.31. The predicted octanol–water partition coefficient (Wildman–Crippen LogP) is 2.02. The van der Waals surface area contributed by atoms with Crippen molar-refractivity contribution in [1.29, 1.82) is 0 Å². The molecule has 0 spiro atoms. The van der Waals surface area contributed by atoms with Crippen molar-refractivity contribution in [3.05, 3.63) is 18.5 Å². The summed E-state index contributed by atoms with van der Waals surface area (Å²) in [5, 5.41) is 0. The quantitative estimate of drug-likeness (QED) is 0.639. The van der Waals surface area contributed by atoms with Crippen LogP contribution in [-0.4, -0.2) is 15.0 Å². The van der Waals surface area contributed by atoms with Gasteiger partial charge in [0.05, 0.1) is 0 Å². The van der Waals surface area contributed by atoms with Crippen LogP contribution in [0.1, 0.15) is 39.4 Å². The molecule has 1 rings (SSSR count). The Balaban J connectivity index is 2.86. The number of rotatable bonds is 1. The Morgan fingerprint density at radius 3 is 2.08 bits per heavy atom. The molecule has 0 aliphatic carbocycles. The van der Waals surface area contributed by atoms with Gasteiger partial charge in [-0.05, 0) is 5.41 Å². The van der Waals surface area contributed by atoms with Gasteiger partial charge in [-0.2, -0.15) is 0 Å². The molecule has 0 N–H and O–H groups in total. The molecule has 1 aromatic rings. The molecule has 0 aromatic carbocycles. The first-order chi connectivity index (χ1) is 5.52. The minimum absolute atomic E-state index is 0.210. The second kappa shape index (κ2) is 3.17. The first-order valence-electron chi connectivity index (χ1n) is 4.13. The van der Waals surface area contributed by atoms with Crippen LogP contribution in [0, 0.1) is 5.41 Å². The Bertz CT molecular complexity index is 238. The van der Waals surface area contributed by atoms with Gasteiger partial charge in [0, 0.05) is 5.92 Å².